The number of hydrogen-bond acceptors (Lipinski definition) is 5. The quantitative estimate of drug-likeness (QED) is 0.660. The summed E-state index contributed by atoms with van der Waals surface area (Å²) >= 11 is 0. The van der Waals surface area contributed by atoms with E-state index in [-0.39, 0.29) is 12.5 Å². The van der Waals surface area contributed by atoms with E-state index in [0.29, 0.717) is 11.1 Å². The Kier molecular flexibility index (Phi) is 5.63. The lowest BCUT2D eigenvalue weighted by Crippen LogP contribution is -2.46. The van der Waals surface area contributed by atoms with Crippen LogP contribution < -0.4 is 10.6 Å². The minimum absolute atomic E-state index is 0.0448. The SMILES string of the molecule is CC(C)NC(=O)NC(=O)[C@@H](C)OC(=O)Cc1coc2ccc3ccccc3c12. The summed E-state index contributed by atoms with van der Waals surface area (Å²) in [6, 6.07) is 10.9. The molecule has 0 radical (unpaired) electrons. The summed E-state index contributed by atoms with van der Waals surface area (Å²) in [5.74, 6) is -1.27. The van der Waals surface area contributed by atoms with E-state index < -0.39 is 24.0 Å². The highest BCUT2D eigenvalue weighted by Gasteiger charge is 2.21. The molecule has 1 atom stereocenters. The van der Waals surface area contributed by atoms with Gasteiger partial charge < -0.3 is 14.5 Å². The fraction of sp³-hybridized carbons (Fsp3) is 0.286. The maximum absolute atomic E-state index is 12.3. The lowest BCUT2D eigenvalue weighted by Gasteiger charge is -2.14. The molecular weight excluding hydrogens is 360 g/mol. The number of hydrogen-bond donors (Lipinski definition) is 2. The summed E-state index contributed by atoms with van der Waals surface area (Å²) in [4.78, 5) is 35.9. The van der Waals surface area contributed by atoms with E-state index in [1.165, 1.54) is 13.2 Å². The number of amides is 3. The maximum atomic E-state index is 12.3. The van der Waals surface area contributed by atoms with Crippen LogP contribution in [0.2, 0.25) is 0 Å². The average Bonchev–Trinajstić information content (AvgIpc) is 3.04. The molecule has 0 aliphatic heterocycles. The van der Waals surface area contributed by atoms with Gasteiger partial charge in [0.05, 0.1) is 12.7 Å². The number of carbonyl (C=O) groups excluding carboxylic acids is 3. The van der Waals surface area contributed by atoms with Gasteiger partial charge in [-0.2, -0.15) is 0 Å². The topological polar surface area (TPSA) is 97.6 Å². The molecule has 146 valence electrons. The number of imide groups is 1. The van der Waals surface area contributed by atoms with Gasteiger partial charge in [0.2, 0.25) is 0 Å². The summed E-state index contributed by atoms with van der Waals surface area (Å²) in [6.45, 7) is 4.96. The van der Waals surface area contributed by atoms with E-state index in [1.807, 2.05) is 36.4 Å². The Labute approximate surface area is 162 Å². The fourth-order valence-electron chi connectivity index (χ4n) is 2.96. The second-order valence-electron chi connectivity index (χ2n) is 6.85. The van der Waals surface area contributed by atoms with Crippen LogP contribution in [0.3, 0.4) is 0 Å². The molecule has 7 heteroatoms. The first-order chi connectivity index (χ1) is 13.3. The van der Waals surface area contributed by atoms with Crippen molar-refractivity contribution >= 4 is 39.6 Å². The maximum Gasteiger partial charge on any atom is 0.321 e. The Bertz CT molecular complexity index is 1040. The van der Waals surface area contributed by atoms with Crippen molar-refractivity contribution in [1.82, 2.24) is 10.6 Å². The fourth-order valence-corrected chi connectivity index (χ4v) is 2.96. The van der Waals surface area contributed by atoms with Crippen molar-refractivity contribution in [2.75, 3.05) is 0 Å². The summed E-state index contributed by atoms with van der Waals surface area (Å²) in [6.07, 6.45) is 0.385. The number of rotatable bonds is 5. The van der Waals surface area contributed by atoms with E-state index in [4.69, 9.17) is 9.15 Å². The van der Waals surface area contributed by atoms with Gasteiger partial charge in [0.1, 0.15) is 5.58 Å². The van der Waals surface area contributed by atoms with Crippen molar-refractivity contribution in [2.24, 2.45) is 0 Å². The first-order valence-corrected chi connectivity index (χ1v) is 9.04. The highest BCUT2D eigenvalue weighted by Crippen LogP contribution is 2.30. The Morgan fingerprint density at radius 3 is 2.57 bits per heavy atom. The van der Waals surface area contributed by atoms with E-state index >= 15 is 0 Å². The number of ether oxygens (including phenoxy) is 1. The zero-order chi connectivity index (χ0) is 20.3. The third-order valence-electron chi connectivity index (χ3n) is 4.21. The highest BCUT2D eigenvalue weighted by atomic mass is 16.5. The molecule has 0 aliphatic rings. The van der Waals surface area contributed by atoms with Crippen LogP contribution in [0.15, 0.2) is 47.1 Å². The molecule has 0 aliphatic carbocycles. The van der Waals surface area contributed by atoms with Crippen LogP contribution in [0.5, 0.6) is 0 Å². The third-order valence-corrected chi connectivity index (χ3v) is 4.21. The van der Waals surface area contributed by atoms with E-state index in [9.17, 15) is 14.4 Å². The zero-order valence-corrected chi connectivity index (χ0v) is 15.9. The van der Waals surface area contributed by atoms with Crippen LogP contribution in [0.1, 0.15) is 26.3 Å². The molecular formula is C21H22N2O5. The Morgan fingerprint density at radius 2 is 1.82 bits per heavy atom. The molecule has 0 saturated heterocycles. The lowest BCUT2D eigenvalue weighted by atomic mass is 10.0. The predicted molar refractivity (Wildman–Crippen MR) is 105 cm³/mol. The zero-order valence-electron chi connectivity index (χ0n) is 15.9. The number of fused-ring (bicyclic) bond motifs is 3. The van der Waals surface area contributed by atoms with Gasteiger partial charge >= 0.3 is 12.0 Å². The van der Waals surface area contributed by atoms with E-state index in [0.717, 1.165) is 16.2 Å². The van der Waals surface area contributed by atoms with Gasteiger partial charge in [-0.25, -0.2) is 4.79 Å². The summed E-state index contributed by atoms with van der Waals surface area (Å²) in [5.41, 5.74) is 1.36. The minimum atomic E-state index is -1.10. The predicted octanol–water partition coefficient (Wildman–Crippen LogP) is 3.29. The van der Waals surface area contributed by atoms with Crippen molar-refractivity contribution in [3.05, 3.63) is 48.2 Å². The molecule has 3 aromatic rings. The van der Waals surface area contributed by atoms with Gasteiger partial charge in [-0.15, -0.1) is 0 Å². The minimum Gasteiger partial charge on any atom is -0.464 e. The van der Waals surface area contributed by atoms with Crippen molar-refractivity contribution in [2.45, 2.75) is 39.3 Å². The van der Waals surface area contributed by atoms with Crippen LogP contribution in [-0.2, 0) is 20.7 Å². The largest absolute Gasteiger partial charge is 0.464 e. The molecule has 0 unspecified atom stereocenters. The molecule has 0 spiro atoms. The number of nitrogens with one attached hydrogen (secondary N) is 2. The smallest absolute Gasteiger partial charge is 0.321 e. The van der Waals surface area contributed by atoms with Gasteiger partial charge in [0.15, 0.2) is 6.10 Å². The molecule has 1 aromatic heterocycles. The second kappa shape index (κ2) is 8.12. The summed E-state index contributed by atoms with van der Waals surface area (Å²) in [7, 11) is 0. The Hall–Kier alpha value is -3.35. The molecule has 7 nitrogen and oxygen atoms in total. The van der Waals surface area contributed by atoms with Gasteiger partial charge in [0, 0.05) is 17.0 Å². The number of benzene rings is 2. The number of urea groups is 1. The lowest BCUT2D eigenvalue weighted by molar-refractivity contribution is -0.153. The van der Waals surface area contributed by atoms with Crippen LogP contribution in [0, 0.1) is 0 Å². The normalized spacial score (nSPS) is 12.1. The van der Waals surface area contributed by atoms with E-state index in [2.05, 4.69) is 10.6 Å². The summed E-state index contributed by atoms with van der Waals surface area (Å²) < 4.78 is 10.7. The number of furan rings is 1. The van der Waals surface area contributed by atoms with Crippen LogP contribution >= 0.6 is 0 Å². The van der Waals surface area contributed by atoms with Crippen LogP contribution in [0.25, 0.3) is 21.7 Å². The van der Waals surface area contributed by atoms with Gasteiger partial charge in [-0.05, 0) is 37.6 Å². The molecule has 2 N–H and O–H groups in total. The van der Waals surface area contributed by atoms with Crippen molar-refractivity contribution in [3.63, 3.8) is 0 Å². The van der Waals surface area contributed by atoms with Crippen LogP contribution in [0.4, 0.5) is 4.79 Å². The molecule has 28 heavy (non-hydrogen) atoms. The van der Waals surface area contributed by atoms with Crippen molar-refractivity contribution in [3.8, 4) is 0 Å². The van der Waals surface area contributed by atoms with E-state index in [1.54, 1.807) is 13.8 Å². The third kappa shape index (κ3) is 4.31. The van der Waals surface area contributed by atoms with Crippen LogP contribution in [-0.4, -0.2) is 30.1 Å². The summed E-state index contributed by atoms with van der Waals surface area (Å²) in [5, 5.41) is 7.54. The average molecular weight is 382 g/mol. The number of esters is 1. The monoisotopic (exact) mass is 382 g/mol. The second-order valence-corrected chi connectivity index (χ2v) is 6.85. The highest BCUT2D eigenvalue weighted by molar-refractivity contribution is 6.08. The molecule has 3 amide bonds. The van der Waals surface area contributed by atoms with Gasteiger partial charge in [0.25, 0.3) is 5.91 Å². The Balaban J connectivity index is 1.69. The number of carbonyl (C=O) groups is 3. The first-order valence-electron chi connectivity index (χ1n) is 9.04. The molecule has 0 saturated carbocycles. The molecule has 1 heterocycles. The molecule has 0 bridgehead atoms. The molecule has 3 rings (SSSR count). The standard InChI is InChI=1S/C21H22N2O5/c1-12(2)22-21(26)23-20(25)13(3)28-18(24)10-15-11-27-17-9-8-14-6-4-5-7-16(14)19(15)17/h4-9,11-13H,10H2,1-3H3,(H2,22,23,25,26)/t13-/m1/s1. The van der Waals surface area contributed by atoms with Crippen molar-refractivity contribution in [1.29, 1.82) is 0 Å². The molecule has 2 aromatic carbocycles. The van der Waals surface area contributed by atoms with Gasteiger partial charge in [-0.3, -0.25) is 14.9 Å². The van der Waals surface area contributed by atoms with Crippen molar-refractivity contribution < 1.29 is 23.5 Å². The molecule has 0 fully saturated rings. The van der Waals surface area contributed by atoms with Gasteiger partial charge in [-0.1, -0.05) is 30.3 Å². The first kappa shape index (κ1) is 19.4. The Morgan fingerprint density at radius 1 is 1.07 bits per heavy atom.